The Morgan fingerprint density at radius 1 is 1.47 bits per heavy atom. The minimum absolute atomic E-state index is 0.335. The van der Waals surface area contributed by atoms with Gasteiger partial charge >= 0.3 is 5.97 Å². The van der Waals surface area contributed by atoms with Gasteiger partial charge in [0.15, 0.2) is 9.84 Å². The minimum Gasteiger partial charge on any atom is -0.478 e. The largest absolute Gasteiger partial charge is 0.478 e. The number of rotatable bonds is 4. The van der Waals surface area contributed by atoms with Crippen molar-refractivity contribution in [3.05, 3.63) is 29.6 Å². The summed E-state index contributed by atoms with van der Waals surface area (Å²) in [7, 11) is -3.95. The third-order valence-corrected chi connectivity index (χ3v) is 3.90. The van der Waals surface area contributed by atoms with Crippen LogP contribution in [0, 0.1) is 5.82 Å². The van der Waals surface area contributed by atoms with E-state index in [2.05, 4.69) is 0 Å². The lowest BCUT2D eigenvalue weighted by Crippen LogP contribution is -2.19. The molecule has 1 aromatic carbocycles. The van der Waals surface area contributed by atoms with Crippen molar-refractivity contribution in [1.29, 1.82) is 0 Å². The van der Waals surface area contributed by atoms with Crippen LogP contribution in [0.5, 0.6) is 0 Å². The molecule has 0 aliphatic heterocycles. The van der Waals surface area contributed by atoms with Crippen molar-refractivity contribution in [2.24, 2.45) is 0 Å². The molecule has 5 nitrogen and oxygen atoms in total. The lowest BCUT2D eigenvalue weighted by atomic mass is 10.2. The summed E-state index contributed by atoms with van der Waals surface area (Å²) in [5, 5.41) is 17.6. The zero-order valence-electron chi connectivity index (χ0n) is 8.92. The Morgan fingerprint density at radius 2 is 2.06 bits per heavy atom. The van der Waals surface area contributed by atoms with Crippen molar-refractivity contribution in [3.8, 4) is 0 Å². The van der Waals surface area contributed by atoms with Gasteiger partial charge in [0.25, 0.3) is 0 Å². The average molecular weight is 262 g/mol. The number of halogens is 1. The van der Waals surface area contributed by atoms with Crippen LogP contribution in [0.3, 0.4) is 0 Å². The molecule has 2 N–H and O–H groups in total. The first-order chi connectivity index (χ1) is 7.74. The molecule has 1 aromatic rings. The van der Waals surface area contributed by atoms with Gasteiger partial charge in [0, 0.05) is 0 Å². The Bertz CT molecular complexity index is 536. The molecule has 0 radical (unpaired) electrons. The third kappa shape index (κ3) is 3.24. The fourth-order valence-electron chi connectivity index (χ4n) is 1.29. The Morgan fingerprint density at radius 3 is 2.47 bits per heavy atom. The van der Waals surface area contributed by atoms with Crippen molar-refractivity contribution < 1.29 is 27.8 Å². The predicted octanol–water partition coefficient (Wildman–Crippen LogP) is 0.678. The standard InChI is InChI=1S/C10H11FO5S/c1-6(12)5-17(15,16)9-3-2-7(10(13)14)4-8(9)11/h2-4,6,12H,5H2,1H3,(H,13,14). The highest BCUT2D eigenvalue weighted by molar-refractivity contribution is 7.91. The normalized spacial score (nSPS) is 13.4. The van der Waals surface area contributed by atoms with Crippen LogP contribution in [0.15, 0.2) is 23.1 Å². The van der Waals surface area contributed by atoms with Crippen molar-refractivity contribution in [2.75, 3.05) is 5.75 Å². The predicted molar refractivity (Wildman–Crippen MR) is 57.1 cm³/mol. The van der Waals surface area contributed by atoms with E-state index >= 15 is 0 Å². The second kappa shape index (κ2) is 4.80. The molecular weight excluding hydrogens is 251 g/mol. The lowest BCUT2D eigenvalue weighted by Gasteiger charge is -2.07. The van der Waals surface area contributed by atoms with Gasteiger partial charge < -0.3 is 10.2 Å². The Hall–Kier alpha value is -1.47. The minimum atomic E-state index is -3.95. The Kier molecular flexibility index (Phi) is 3.84. The topological polar surface area (TPSA) is 91.7 Å². The summed E-state index contributed by atoms with van der Waals surface area (Å²) < 4.78 is 36.6. The molecule has 0 heterocycles. The molecule has 1 atom stereocenters. The molecule has 0 saturated carbocycles. The molecule has 94 valence electrons. The van der Waals surface area contributed by atoms with Crippen LogP contribution in [0.1, 0.15) is 17.3 Å². The van der Waals surface area contributed by atoms with Gasteiger partial charge in [-0.05, 0) is 25.1 Å². The van der Waals surface area contributed by atoms with Gasteiger partial charge in [-0.15, -0.1) is 0 Å². The first-order valence-corrected chi connectivity index (χ1v) is 6.33. The van der Waals surface area contributed by atoms with Gasteiger partial charge in [-0.1, -0.05) is 0 Å². The van der Waals surface area contributed by atoms with Crippen molar-refractivity contribution in [1.82, 2.24) is 0 Å². The summed E-state index contributed by atoms with van der Waals surface area (Å²) in [5.41, 5.74) is -0.335. The maximum Gasteiger partial charge on any atom is 0.335 e. The van der Waals surface area contributed by atoms with Crippen LogP contribution in [-0.4, -0.2) is 36.5 Å². The first kappa shape index (κ1) is 13.6. The summed E-state index contributed by atoms with van der Waals surface area (Å²) in [6.45, 7) is 1.26. The number of carboxylic acid groups (broad SMARTS) is 1. The molecule has 7 heteroatoms. The van der Waals surface area contributed by atoms with E-state index in [0.717, 1.165) is 12.1 Å². The number of hydrogen-bond donors (Lipinski definition) is 2. The molecule has 0 spiro atoms. The molecule has 0 bridgehead atoms. The van der Waals surface area contributed by atoms with Gasteiger partial charge in [-0.25, -0.2) is 17.6 Å². The summed E-state index contributed by atoms with van der Waals surface area (Å²) in [6, 6.07) is 2.52. The molecule has 0 aromatic heterocycles. The van der Waals surface area contributed by atoms with Gasteiger partial charge in [0.1, 0.15) is 10.7 Å². The van der Waals surface area contributed by atoms with Crippen LogP contribution >= 0.6 is 0 Å². The van der Waals surface area contributed by atoms with Crippen LogP contribution in [0.2, 0.25) is 0 Å². The van der Waals surface area contributed by atoms with E-state index in [4.69, 9.17) is 10.2 Å². The number of carbonyl (C=O) groups is 1. The molecular formula is C10H11FO5S. The second-order valence-electron chi connectivity index (χ2n) is 3.58. The summed E-state index contributed by atoms with van der Waals surface area (Å²) in [6.07, 6.45) is -1.13. The maximum atomic E-state index is 13.4. The highest BCUT2D eigenvalue weighted by Gasteiger charge is 2.22. The van der Waals surface area contributed by atoms with E-state index in [1.54, 1.807) is 0 Å². The third-order valence-electron chi connectivity index (χ3n) is 1.97. The zero-order valence-corrected chi connectivity index (χ0v) is 9.74. The molecule has 0 aliphatic carbocycles. The van der Waals surface area contributed by atoms with Crippen LogP contribution in [0.4, 0.5) is 4.39 Å². The molecule has 1 rings (SSSR count). The number of sulfone groups is 1. The van der Waals surface area contributed by atoms with E-state index in [-0.39, 0.29) is 5.56 Å². The number of aromatic carboxylic acids is 1. The average Bonchev–Trinajstić information content (AvgIpc) is 2.14. The van der Waals surface area contributed by atoms with Crippen LogP contribution in [0.25, 0.3) is 0 Å². The van der Waals surface area contributed by atoms with Crippen LogP contribution < -0.4 is 0 Å². The highest BCUT2D eigenvalue weighted by atomic mass is 32.2. The van der Waals surface area contributed by atoms with E-state index in [1.807, 2.05) is 0 Å². The molecule has 0 fully saturated rings. The van der Waals surface area contributed by atoms with Gasteiger partial charge in [0.05, 0.1) is 17.4 Å². The number of aliphatic hydroxyl groups excluding tert-OH is 1. The maximum absolute atomic E-state index is 13.4. The van der Waals surface area contributed by atoms with E-state index in [9.17, 15) is 17.6 Å². The Balaban J connectivity index is 3.21. The van der Waals surface area contributed by atoms with Crippen molar-refractivity contribution in [2.45, 2.75) is 17.9 Å². The smallest absolute Gasteiger partial charge is 0.335 e. The van der Waals surface area contributed by atoms with Crippen molar-refractivity contribution in [3.63, 3.8) is 0 Å². The molecule has 0 saturated heterocycles. The summed E-state index contributed by atoms with van der Waals surface area (Å²) in [5.74, 6) is -3.09. The second-order valence-corrected chi connectivity index (χ2v) is 5.58. The van der Waals surface area contributed by atoms with Gasteiger partial charge in [0.2, 0.25) is 0 Å². The monoisotopic (exact) mass is 262 g/mol. The summed E-state index contributed by atoms with van der Waals surface area (Å²) >= 11 is 0. The van der Waals surface area contributed by atoms with Gasteiger partial charge in [-0.2, -0.15) is 0 Å². The highest BCUT2D eigenvalue weighted by Crippen LogP contribution is 2.18. The van der Waals surface area contributed by atoms with E-state index in [1.165, 1.54) is 6.92 Å². The quantitative estimate of drug-likeness (QED) is 0.832. The van der Waals surface area contributed by atoms with Gasteiger partial charge in [-0.3, -0.25) is 0 Å². The molecule has 0 amide bonds. The van der Waals surface area contributed by atoms with E-state index in [0.29, 0.717) is 6.07 Å². The SMILES string of the molecule is CC(O)CS(=O)(=O)c1ccc(C(=O)O)cc1F. The van der Waals surface area contributed by atoms with Crippen LogP contribution in [-0.2, 0) is 9.84 Å². The van der Waals surface area contributed by atoms with Crippen molar-refractivity contribution >= 4 is 15.8 Å². The number of aliphatic hydroxyl groups is 1. The number of carboxylic acids is 1. The number of hydrogen-bond acceptors (Lipinski definition) is 4. The molecule has 0 aliphatic rings. The fourth-order valence-corrected chi connectivity index (χ4v) is 2.74. The first-order valence-electron chi connectivity index (χ1n) is 4.67. The zero-order chi connectivity index (χ0) is 13.2. The lowest BCUT2D eigenvalue weighted by molar-refractivity contribution is 0.0696. The number of benzene rings is 1. The van der Waals surface area contributed by atoms with E-state index < -0.39 is 38.4 Å². The Labute approximate surface area is 97.4 Å². The summed E-state index contributed by atoms with van der Waals surface area (Å²) in [4.78, 5) is 9.93. The fraction of sp³-hybridized carbons (Fsp3) is 0.300. The molecule has 1 unspecified atom stereocenters. The molecule has 17 heavy (non-hydrogen) atoms.